The highest BCUT2D eigenvalue weighted by Gasteiger charge is 2.35. The number of nitrogens with zero attached hydrogens (tertiary/aromatic N) is 1. The van der Waals surface area contributed by atoms with Crippen molar-refractivity contribution in [1.82, 2.24) is 4.98 Å². The van der Waals surface area contributed by atoms with Gasteiger partial charge in [0, 0.05) is 16.9 Å². The molecular formula is C9H7BrF3NO2. The minimum Gasteiger partial charge on any atom is -0.469 e. The molecule has 0 aliphatic heterocycles. The first kappa shape index (κ1) is 13.0. The second-order valence-electron chi connectivity index (χ2n) is 2.90. The lowest BCUT2D eigenvalue weighted by atomic mass is 10.1. The second-order valence-corrected chi connectivity index (χ2v) is 3.75. The first-order valence-electron chi connectivity index (χ1n) is 4.12. The number of hydrogen-bond acceptors (Lipinski definition) is 3. The molecule has 1 aromatic rings. The van der Waals surface area contributed by atoms with Gasteiger partial charge in [-0.1, -0.05) is 0 Å². The topological polar surface area (TPSA) is 39.2 Å². The van der Waals surface area contributed by atoms with E-state index in [4.69, 9.17) is 0 Å². The molecule has 0 aliphatic carbocycles. The van der Waals surface area contributed by atoms with Crippen LogP contribution in [-0.4, -0.2) is 18.1 Å². The van der Waals surface area contributed by atoms with Gasteiger partial charge in [-0.05, 0) is 21.5 Å². The quantitative estimate of drug-likeness (QED) is 0.788. The first-order chi connectivity index (χ1) is 7.36. The van der Waals surface area contributed by atoms with Crippen molar-refractivity contribution in [1.29, 1.82) is 0 Å². The average molecular weight is 298 g/mol. The molecule has 0 atom stereocenters. The molecule has 7 heteroatoms. The van der Waals surface area contributed by atoms with Gasteiger partial charge in [-0.15, -0.1) is 0 Å². The van der Waals surface area contributed by atoms with Gasteiger partial charge in [0.1, 0.15) is 0 Å². The van der Waals surface area contributed by atoms with E-state index in [9.17, 15) is 18.0 Å². The van der Waals surface area contributed by atoms with Crippen LogP contribution in [0.15, 0.2) is 16.9 Å². The summed E-state index contributed by atoms with van der Waals surface area (Å²) in [4.78, 5) is 14.4. The minimum absolute atomic E-state index is 0.132. The van der Waals surface area contributed by atoms with Crippen LogP contribution in [0.3, 0.4) is 0 Å². The molecule has 88 valence electrons. The Bertz CT molecular complexity index is 406. The number of carbonyl (C=O) groups is 1. The van der Waals surface area contributed by atoms with Crippen LogP contribution in [0.25, 0.3) is 0 Å². The maximum Gasteiger partial charge on any atom is 0.418 e. The number of pyridine rings is 1. The number of esters is 1. The van der Waals surface area contributed by atoms with E-state index in [2.05, 4.69) is 25.7 Å². The minimum atomic E-state index is -4.54. The van der Waals surface area contributed by atoms with Crippen LogP contribution in [0.2, 0.25) is 0 Å². The van der Waals surface area contributed by atoms with E-state index in [1.807, 2.05) is 0 Å². The Hall–Kier alpha value is -1.11. The molecule has 0 saturated carbocycles. The molecule has 0 spiro atoms. The maximum atomic E-state index is 12.6. The number of aromatic nitrogens is 1. The van der Waals surface area contributed by atoms with Crippen LogP contribution in [0.5, 0.6) is 0 Å². The van der Waals surface area contributed by atoms with E-state index in [1.165, 1.54) is 6.20 Å². The van der Waals surface area contributed by atoms with E-state index in [-0.39, 0.29) is 10.0 Å². The van der Waals surface area contributed by atoms with E-state index in [0.29, 0.717) is 6.20 Å². The van der Waals surface area contributed by atoms with Crippen molar-refractivity contribution in [3.05, 3.63) is 28.0 Å². The molecule has 0 N–H and O–H groups in total. The standard InChI is InChI=1S/C9H7BrF3NO2/c1-16-8(15)2-5-6(9(11,12)13)3-14-4-7(5)10/h3-4H,2H2,1H3. The summed E-state index contributed by atoms with van der Waals surface area (Å²) in [6, 6.07) is 0. The average Bonchev–Trinajstić information content (AvgIpc) is 2.19. The van der Waals surface area contributed by atoms with Crippen molar-refractivity contribution in [2.75, 3.05) is 7.11 Å². The number of hydrogen-bond donors (Lipinski definition) is 0. The van der Waals surface area contributed by atoms with Gasteiger partial charge in [0.2, 0.25) is 0 Å². The summed E-state index contributed by atoms with van der Waals surface area (Å²) in [7, 11) is 1.12. The number of rotatable bonds is 2. The fourth-order valence-electron chi connectivity index (χ4n) is 1.10. The zero-order valence-electron chi connectivity index (χ0n) is 8.14. The molecular weight excluding hydrogens is 291 g/mol. The van der Waals surface area contributed by atoms with Gasteiger partial charge in [-0.3, -0.25) is 9.78 Å². The summed E-state index contributed by atoms with van der Waals surface area (Å²) in [5.41, 5.74) is -1.11. The molecule has 1 heterocycles. The summed E-state index contributed by atoms with van der Waals surface area (Å²) in [5, 5.41) is 0. The van der Waals surface area contributed by atoms with Gasteiger partial charge in [0.15, 0.2) is 0 Å². The Morgan fingerprint density at radius 1 is 1.50 bits per heavy atom. The molecule has 0 fully saturated rings. The molecule has 0 unspecified atom stereocenters. The number of halogens is 4. The first-order valence-corrected chi connectivity index (χ1v) is 4.92. The van der Waals surface area contributed by atoms with Gasteiger partial charge in [-0.2, -0.15) is 13.2 Å². The van der Waals surface area contributed by atoms with Crippen molar-refractivity contribution < 1.29 is 22.7 Å². The van der Waals surface area contributed by atoms with Crippen LogP contribution in [0, 0.1) is 0 Å². The molecule has 3 nitrogen and oxygen atoms in total. The Balaban J connectivity index is 3.19. The van der Waals surface area contributed by atoms with Crippen molar-refractivity contribution in [3.8, 4) is 0 Å². The third kappa shape index (κ3) is 2.94. The van der Waals surface area contributed by atoms with Crippen molar-refractivity contribution in [2.45, 2.75) is 12.6 Å². The monoisotopic (exact) mass is 297 g/mol. The van der Waals surface area contributed by atoms with Crippen LogP contribution < -0.4 is 0 Å². The number of alkyl halides is 3. The normalized spacial score (nSPS) is 11.3. The van der Waals surface area contributed by atoms with E-state index < -0.39 is 24.1 Å². The van der Waals surface area contributed by atoms with Gasteiger partial charge in [0.25, 0.3) is 0 Å². The predicted octanol–water partition coefficient (Wildman–Crippen LogP) is 2.58. The van der Waals surface area contributed by atoms with Gasteiger partial charge < -0.3 is 4.74 Å². The Morgan fingerprint density at radius 3 is 2.62 bits per heavy atom. The van der Waals surface area contributed by atoms with Gasteiger partial charge in [0.05, 0.1) is 19.1 Å². The maximum absolute atomic E-state index is 12.6. The Labute approximate surface area is 97.8 Å². The van der Waals surface area contributed by atoms with Crippen molar-refractivity contribution in [3.63, 3.8) is 0 Å². The summed E-state index contributed by atoms with van der Waals surface area (Å²) in [6.07, 6.45) is -3.11. The molecule has 0 aromatic carbocycles. The van der Waals surface area contributed by atoms with E-state index >= 15 is 0 Å². The fourth-order valence-corrected chi connectivity index (χ4v) is 1.57. The highest BCUT2D eigenvalue weighted by Crippen LogP contribution is 2.34. The largest absolute Gasteiger partial charge is 0.469 e. The molecule has 0 amide bonds. The highest BCUT2D eigenvalue weighted by atomic mass is 79.9. The molecule has 0 radical (unpaired) electrons. The lowest BCUT2D eigenvalue weighted by molar-refractivity contribution is -0.141. The number of methoxy groups -OCH3 is 1. The molecule has 16 heavy (non-hydrogen) atoms. The number of ether oxygens (including phenoxy) is 1. The van der Waals surface area contributed by atoms with E-state index in [0.717, 1.165) is 7.11 Å². The molecule has 1 rings (SSSR count). The molecule has 0 saturated heterocycles. The lowest BCUT2D eigenvalue weighted by Gasteiger charge is -2.12. The zero-order chi connectivity index (χ0) is 12.3. The van der Waals surface area contributed by atoms with Crippen LogP contribution in [-0.2, 0) is 22.1 Å². The summed E-state index contributed by atoms with van der Waals surface area (Å²) in [5.74, 6) is -0.739. The van der Waals surface area contributed by atoms with E-state index in [1.54, 1.807) is 0 Å². The van der Waals surface area contributed by atoms with Crippen LogP contribution in [0.4, 0.5) is 13.2 Å². The third-order valence-electron chi connectivity index (χ3n) is 1.86. The Kier molecular flexibility index (Phi) is 3.90. The highest BCUT2D eigenvalue weighted by molar-refractivity contribution is 9.10. The second kappa shape index (κ2) is 4.82. The molecule has 0 bridgehead atoms. The number of carbonyl (C=O) groups excluding carboxylic acids is 1. The van der Waals surface area contributed by atoms with Crippen LogP contribution in [0.1, 0.15) is 11.1 Å². The zero-order valence-corrected chi connectivity index (χ0v) is 9.72. The van der Waals surface area contributed by atoms with Crippen molar-refractivity contribution >= 4 is 21.9 Å². The summed E-state index contributed by atoms with van der Waals surface area (Å²) >= 11 is 2.93. The van der Waals surface area contributed by atoms with Gasteiger partial charge >= 0.3 is 12.1 Å². The van der Waals surface area contributed by atoms with Crippen LogP contribution >= 0.6 is 15.9 Å². The summed E-state index contributed by atoms with van der Waals surface area (Å²) in [6.45, 7) is 0. The van der Waals surface area contributed by atoms with Gasteiger partial charge in [-0.25, -0.2) is 0 Å². The Morgan fingerprint density at radius 2 is 2.12 bits per heavy atom. The third-order valence-corrected chi connectivity index (χ3v) is 2.54. The lowest BCUT2D eigenvalue weighted by Crippen LogP contribution is -2.14. The van der Waals surface area contributed by atoms with Crippen molar-refractivity contribution in [2.24, 2.45) is 0 Å². The SMILES string of the molecule is COC(=O)Cc1c(Br)cncc1C(F)(F)F. The molecule has 0 aliphatic rings. The summed E-state index contributed by atoms with van der Waals surface area (Å²) < 4.78 is 42.2. The smallest absolute Gasteiger partial charge is 0.418 e. The molecule has 1 aromatic heterocycles. The fraction of sp³-hybridized carbons (Fsp3) is 0.333. The predicted molar refractivity (Wildman–Crippen MR) is 52.7 cm³/mol.